The van der Waals surface area contributed by atoms with Gasteiger partial charge in [0.1, 0.15) is 0 Å². The Morgan fingerprint density at radius 1 is 1.13 bits per heavy atom. The lowest BCUT2D eigenvalue weighted by atomic mass is 10.1. The number of halogens is 2. The van der Waals surface area contributed by atoms with Crippen LogP contribution in [0, 0.1) is 0 Å². The fourth-order valence-electron chi connectivity index (χ4n) is 4.49. The topological polar surface area (TPSA) is 44.4 Å². The molecule has 3 aromatic rings. The number of fused-ring (bicyclic) bond motifs is 1. The van der Waals surface area contributed by atoms with Crippen LogP contribution in [0.1, 0.15) is 12.8 Å². The van der Waals surface area contributed by atoms with Crippen molar-refractivity contribution in [3.63, 3.8) is 0 Å². The zero-order valence-corrected chi connectivity index (χ0v) is 16.9. The number of alkyl halides is 2. The number of nitrogens with one attached hydrogen (secondary N) is 1. The number of ether oxygens (including phenoxy) is 1. The molecule has 0 spiro atoms. The number of aromatic amines is 1. The summed E-state index contributed by atoms with van der Waals surface area (Å²) < 4.78 is 32.8. The van der Waals surface area contributed by atoms with E-state index in [4.69, 9.17) is 4.74 Å². The SMILES string of the molecule is FC1(F)CCN(CC2CN(c3ccnc(-c4cccc5[nH]ccc45)c3)CCO2)CC1. The Morgan fingerprint density at radius 3 is 2.87 bits per heavy atom. The summed E-state index contributed by atoms with van der Waals surface area (Å²) in [5.74, 6) is -2.51. The van der Waals surface area contributed by atoms with E-state index in [2.05, 4.69) is 44.0 Å². The minimum absolute atomic E-state index is 0.0233. The molecule has 1 unspecified atom stereocenters. The van der Waals surface area contributed by atoms with E-state index < -0.39 is 5.92 Å². The van der Waals surface area contributed by atoms with Crippen LogP contribution in [0.25, 0.3) is 22.2 Å². The molecule has 2 saturated heterocycles. The number of aromatic nitrogens is 2. The molecule has 0 radical (unpaired) electrons. The standard InChI is InChI=1S/C23H26F2N4O/c24-23(25)6-10-28(11-7-23)15-18-16-29(12-13-30-18)17-4-8-27-22(14-17)19-2-1-3-21-20(19)5-9-26-21/h1-5,8-9,14,18,26H,6-7,10-13,15-16H2. The Labute approximate surface area is 174 Å². The van der Waals surface area contributed by atoms with Gasteiger partial charge in [-0.3, -0.25) is 4.98 Å². The molecule has 158 valence electrons. The fourth-order valence-corrected chi connectivity index (χ4v) is 4.49. The second-order valence-electron chi connectivity index (χ2n) is 8.24. The minimum Gasteiger partial charge on any atom is -0.373 e. The van der Waals surface area contributed by atoms with Crippen LogP contribution in [-0.4, -0.2) is 66.2 Å². The van der Waals surface area contributed by atoms with Gasteiger partial charge in [0.05, 0.1) is 18.4 Å². The van der Waals surface area contributed by atoms with Crippen molar-refractivity contribution in [1.82, 2.24) is 14.9 Å². The number of morpholine rings is 1. The average molecular weight is 412 g/mol. The highest BCUT2D eigenvalue weighted by Gasteiger charge is 2.35. The fraction of sp³-hybridized carbons (Fsp3) is 0.435. The van der Waals surface area contributed by atoms with Crippen LogP contribution in [0.2, 0.25) is 0 Å². The largest absolute Gasteiger partial charge is 0.373 e. The molecule has 5 nitrogen and oxygen atoms in total. The predicted octanol–water partition coefficient (Wildman–Crippen LogP) is 4.17. The number of benzene rings is 1. The first kappa shape index (κ1) is 19.5. The molecule has 2 fully saturated rings. The van der Waals surface area contributed by atoms with Crippen LogP contribution in [0.3, 0.4) is 0 Å². The summed E-state index contributed by atoms with van der Waals surface area (Å²) in [6.45, 7) is 3.78. The zero-order valence-electron chi connectivity index (χ0n) is 16.9. The van der Waals surface area contributed by atoms with Gasteiger partial charge >= 0.3 is 0 Å². The van der Waals surface area contributed by atoms with Gasteiger partial charge in [0.25, 0.3) is 5.92 Å². The Morgan fingerprint density at radius 2 is 2.00 bits per heavy atom. The Bertz CT molecular complexity index is 1010. The van der Waals surface area contributed by atoms with E-state index in [1.54, 1.807) is 0 Å². The smallest absolute Gasteiger partial charge is 0.250 e. The van der Waals surface area contributed by atoms with E-state index >= 15 is 0 Å². The molecule has 0 aliphatic carbocycles. The van der Waals surface area contributed by atoms with Crippen molar-refractivity contribution in [2.75, 3.05) is 44.2 Å². The zero-order chi connectivity index (χ0) is 20.6. The third kappa shape index (κ3) is 4.04. The first-order valence-electron chi connectivity index (χ1n) is 10.6. The van der Waals surface area contributed by atoms with Crippen molar-refractivity contribution in [2.24, 2.45) is 0 Å². The third-order valence-electron chi connectivity index (χ3n) is 6.17. The number of likely N-dealkylation sites (tertiary alicyclic amines) is 1. The van der Waals surface area contributed by atoms with Crippen molar-refractivity contribution in [3.8, 4) is 11.3 Å². The Balaban J connectivity index is 1.30. The molecule has 1 N–H and O–H groups in total. The van der Waals surface area contributed by atoms with Crippen molar-refractivity contribution in [1.29, 1.82) is 0 Å². The normalized spacial score (nSPS) is 22.5. The molecule has 4 heterocycles. The predicted molar refractivity (Wildman–Crippen MR) is 114 cm³/mol. The van der Waals surface area contributed by atoms with Crippen LogP contribution in [0.5, 0.6) is 0 Å². The van der Waals surface area contributed by atoms with E-state index in [1.165, 1.54) is 0 Å². The van der Waals surface area contributed by atoms with Crippen LogP contribution in [-0.2, 0) is 4.74 Å². The highest BCUT2D eigenvalue weighted by molar-refractivity contribution is 5.94. The lowest BCUT2D eigenvalue weighted by Crippen LogP contribution is -2.50. The van der Waals surface area contributed by atoms with E-state index in [-0.39, 0.29) is 18.9 Å². The molecule has 0 saturated carbocycles. The number of H-pyrrole nitrogens is 1. The first-order valence-corrected chi connectivity index (χ1v) is 10.6. The molecule has 5 rings (SSSR count). The summed E-state index contributed by atoms with van der Waals surface area (Å²) in [5, 5.41) is 1.16. The maximum atomic E-state index is 13.4. The Hall–Kier alpha value is -2.51. The van der Waals surface area contributed by atoms with Crippen molar-refractivity contribution < 1.29 is 13.5 Å². The van der Waals surface area contributed by atoms with E-state index in [1.807, 2.05) is 24.5 Å². The molecular formula is C23H26F2N4O. The van der Waals surface area contributed by atoms with Gasteiger partial charge in [-0.15, -0.1) is 0 Å². The molecule has 0 bridgehead atoms. The van der Waals surface area contributed by atoms with Gasteiger partial charge in [0.2, 0.25) is 0 Å². The van der Waals surface area contributed by atoms with Gasteiger partial charge in [-0.25, -0.2) is 8.78 Å². The van der Waals surface area contributed by atoms with Gasteiger partial charge in [-0.05, 0) is 24.3 Å². The monoisotopic (exact) mass is 412 g/mol. The minimum atomic E-state index is -2.51. The molecule has 2 aliphatic rings. The Kier molecular flexibility index (Phi) is 5.16. The van der Waals surface area contributed by atoms with Gasteiger partial charge in [0.15, 0.2) is 0 Å². The maximum absolute atomic E-state index is 13.4. The van der Waals surface area contributed by atoms with Crippen molar-refractivity contribution in [2.45, 2.75) is 24.9 Å². The molecule has 1 aromatic carbocycles. The molecule has 2 aliphatic heterocycles. The van der Waals surface area contributed by atoms with E-state index in [0.717, 1.165) is 40.9 Å². The number of hydrogen-bond donors (Lipinski definition) is 1. The highest BCUT2D eigenvalue weighted by Crippen LogP contribution is 2.30. The first-order chi connectivity index (χ1) is 14.6. The summed E-state index contributed by atoms with van der Waals surface area (Å²) in [6.07, 6.45) is 3.72. The molecule has 7 heteroatoms. The number of piperidine rings is 1. The lowest BCUT2D eigenvalue weighted by Gasteiger charge is -2.39. The number of pyridine rings is 1. The van der Waals surface area contributed by atoms with E-state index in [9.17, 15) is 8.78 Å². The number of rotatable bonds is 4. The van der Waals surface area contributed by atoms with Crippen LogP contribution < -0.4 is 4.90 Å². The van der Waals surface area contributed by atoms with Gasteiger partial charge in [-0.2, -0.15) is 0 Å². The number of anilines is 1. The number of hydrogen-bond acceptors (Lipinski definition) is 4. The second-order valence-corrected chi connectivity index (χ2v) is 8.24. The van der Waals surface area contributed by atoms with Gasteiger partial charge < -0.3 is 19.5 Å². The lowest BCUT2D eigenvalue weighted by molar-refractivity contribution is -0.0671. The molecule has 30 heavy (non-hydrogen) atoms. The second kappa shape index (κ2) is 7.96. The maximum Gasteiger partial charge on any atom is 0.250 e. The van der Waals surface area contributed by atoms with Gasteiger partial charge in [0, 0.05) is 80.1 Å². The molecule has 0 amide bonds. The third-order valence-corrected chi connectivity index (χ3v) is 6.17. The highest BCUT2D eigenvalue weighted by atomic mass is 19.3. The summed E-state index contributed by atoms with van der Waals surface area (Å²) in [6, 6.07) is 12.4. The average Bonchev–Trinajstić information content (AvgIpc) is 3.25. The summed E-state index contributed by atoms with van der Waals surface area (Å²) in [4.78, 5) is 12.3. The molecule has 1 atom stereocenters. The van der Waals surface area contributed by atoms with Crippen LogP contribution >= 0.6 is 0 Å². The number of nitrogens with zero attached hydrogens (tertiary/aromatic N) is 3. The van der Waals surface area contributed by atoms with Crippen molar-refractivity contribution in [3.05, 3.63) is 48.8 Å². The van der Waals surface area contributed by atoms with E-state index in [0.29, 0.717) is 26.2 Å². The molecule has 2 aromatic heterocycles. The summed E-state index contributed by atoms with van der Waals surface area (Å²) in [7, 11) is 0. The summed E-state index contributed by atoms with van der Waals surface area (Å²) in [5.41, 5.74) is 4.26. The van der Waals surface area contributed by atoms with Crippen LogP contribution in [0.15, 0.2) is 48.8 Å². The summed E-state index contributed by atoms with van der Waals surface area (Å²) >= 11 is 0. The molecular weight excluding hydrogens is 386 g/mol. The van der Waals surface area contributed by atoms with Gasteiger partial charge in [-0.1, -0.05) is 12.1 Å². The quantitative estimate of drug-likeness (QED) is 0.699. The van der Waals surface area contributed by atoms with Crippen molar-refractivity contribution >= 4 is 16.6 Å². The van der Waals surface area contributed by atoms with Crippen LogP contribution in [0.4, 0.5) is 14.5 Å².